The lowest BCUT2D eigenvalue weighted by molar-refractivity contribution is 0.0592. The molecule has 2 aromatic rings. The van der Waals surface area contributed by atoms with Crippen LogP contribution in [0.25, 0.3) is 0 Å². The number of carbonyl (C=O) groups excluding carboxylic acids is 1. The zero-order chi connectivity index (χ0) is 20.1. The molecule has 6 heteroatoms. The van der Waals surface area contributed by atoms with E-state index in [1.807, 2.05) is 35.4 Å². The number of likely N-dealkylation sites (tertiary alicyclic amines) is 2. The Morgan fingerprint density at radius 2 is 1.93 bits per heavy atom. The minimum atomic E-state index is 0.0514. The lowest BCUT2D eigenvalue weighted by atomic mass is 9.82. The van der Waals surface area contributed by atoms with Crippen LogP contribution in [0.4, 0.5) is 0 Å². The van der Waals surface area contributed by atoms with Crippen molar-refractivity contribution in [2.45, 2.75) is 52.1 Å². The summed E-state index contributed by atoms with van der Waals surface area (Å²) in [6, 6.07) is 6.00. The summed E-state index contributed by atoms with van der Waals surface area (Å²) in [7, 11) is 0. The number of hydrogen-bond donors (Lipinski definition) is 0. The van der Waals surface area contributed by atoms with Gasteiger partial charge in [-0.3, -0.25) is 14.5 Å². The maximum absolute atomic E-state index is 13.2. The zero-order valence-corrected chi connectivity index (χ0v) is 17.3. The van der Waals surface area contributed by atoms with Crippen molar-refractivity contribution < 1.29 is 9.21 Å². The van der Waals surface area contributed by atoms with Crippen molar-refractivity contribution in [3.05, 3.63) is 56.9 Å². The Kier molecular flexibility index (Phi) is 4.62. The number of piperidine rings is 1. The van der Waals surface area contributed by atoms with Gasteiger partial charge in [-0.15, -0.1) is 0 Å². The van der Waals surface area contributed by atoms with Gasteiger partial charge in [-0.05, 0) is 64.3 Å². The number of pyridine rings is 1. The quantitative estimate of drug-likeness (QED) is 0.802. The first-order valence-electron chi connectivity index (χ1n) is 10.8. The number of rotatable bonds is 3. The van der Waals surface area contributed by atoms with E-state index in [0.717, 1.165) is 43.1 Å². The summed E-state index contributed by atoms with van der Waals surface area (Å²) >= 11 is 0. The monoisotopic (exact) mass is 395 g/mol. The molecule has 29 heavy (non-hydrogen) atoms. The summed E-state index contributed by atoms with van der Waals surface area (Å²) in [5.74, 6) is 2.07. The number of nitrogens with zero attached hydrogens (tertiary/aromatic N) is 3. The number of fused-ring (bicyclic) bond motifs is 4. The fourth-order valence-corrected chi connectivity index (χ4v) is 5.47. The van der Waals surface area contributed by atoms with Crippen molar-refractivity contribution >= 4 is 5.91 Å². The molecule has 2 saturated heterocycles. The largest absolute Gasteiger partial charge is 0.466 e. The molecule has 1 amide bonds. The highest BCUT2D eigenvalue weighted by Crippen LogP contribution is 2.36. The van der Waals surface area contributed by atoms with Gasteiger partial charge in [-0.2, -0.15) is 0 Å². The van der Waals surface area contributed by atoms with Gasteiger partial charge in [0.05, 0.1) is 5.56 Å². The van der Waals surface area contributed by atoms with Crippen LogP contribution in [0.15, 0.2) is 27.4 Å². The van der Waals surface area contributed by atoms with Crippen LogP contribution in [0.3, 0.4) is 0 Å². The number of aromatic nitrogens is 1. The molecule has 3 aliphatic rings. The molecule has 2 aromatic heterocycles. The van der Waals surface area contributed by atoms with Gasteiger partial charge in [0.25, 0.3) is 11.5 Å². The first kappa shape index (κ1) is 18.7. The van der Waals surface area contributed by atoms with Gasteiger partial charge in [-0.1, -0.05) is 6.07 Å². The molecule has 154 valence electrons. The fourth-order valence-electron chi connectivity index (χ4n) is 5.47. The Bertz CT molecular complexity index is 999. The van der Waals surface area contributed by atoms with Crippen LogP contribution in [-0.2, 0) is 13.1 Å². The van der Waals surface area contributed by atoms with E-state index < -0.39 is 0 Å². The molecule has 5 rings (SSSR count). The summed E-state index contributed by atoms with van der Waals surface area (Å²) in [5.41, 5.74) is 2.84. The van der Waals surface area contributed by atoms with Crippen LogP contribution in [0.2, 0.25) is 0 Å². The lowest BCUT2D eigenvalue weighted by Gasteiger charge is -2.43. The van der Waals surface area contributed by atoms with Crippen LogP contribution in [0.1, 0.15) is 58.3 Å². The zero-order valence-electron chi connectivity index (χ0n) is 17.3. The maximum Gasteiger partial charge on any atom is 0.257 e. The number of carbonyl (C=O) groups is 1. The summed E-state index contributed by atoms with van der Waals surface area (Å²) in [4.78, 5) is 30.6. The van der Waals surface area contributed by atoms with Crippen molar-refractivity contribution in [1.29, 1.82) is 0 Å². The molecule has 6 nitrogen and oxygen atoms in total. The van der Waals surface area contributed by atoms with Crippen molar-refractivity contribution in [2.75, 3.05) is 26.2 Å². The van der Waals surface area contributed by atoms with Gasteiger partial charge >= 0.3 is 0 Å². The van der Waals surface area contributed by atoms with Crippen LogP contribution in [-0.4, -0.2) is 46.5 Å². The summed E-state index contributed by atoms with van der Waals surface area (Å²) in [6.07, 6.45) is 3.52. The Morgan fingerprint density at radius 3 is 2.66 bits per heavy atom. The molecule has 0 unspecified atom stereocenters. The van der Waals surface area contributed by atoms with E-state index in [1.54, 1.807) is 0 Å². The van der Waals surface area contributed by atoms with E-state index in [4.69, 9.17) is 4.42 Å². The van der Waals surface area contributed by atoms with Crippen molar-refractivity contribution in [2.24, 2.45) is 5.92 Å². The third-order valence-electron chi connectivity index (χ3n) is 6.83. The second-order valence-corrected chi connectivity index (χ2v) is 9.02. The Morgan fingerprint density at radius 1 is 1.14 bits per heavy atom. The van der Waals surface area contributed by atoms with E-state index in [0.29, 0.717) is 36.9 Å². The van der Waals surface area contributed by atoms with Crippen LogP contribution in [0, 0.1) is 19.8 Å². The van der Waals surface area contributed by atoms with Crippen molar-refractivity contribution in [3.63, 3.8) is 0 Å². The lowest BCUT2D eigenvalue weighted by Crippen LogP contribution is -2.49. The molecule has 2 fully saturated rings. The molecule has 0 spiro atoms. The minimum Gasteiger partial charge on any atom is -0.466 e. The average molecular weight is 396 g/mol. The third kappa shape index (κ3) is 3.33. The van der Waals surface area contributed by atoms with Gasteiger partial charge in [0.1, 0.15) is 11.5 Å². The molecule has 2 bridgehead atoms. The fraction of sp³-hybridized carbons (Fsp3) is 0.565. The molecule has 0 radical (unpaired) electrons. The van der Waals surface area contributed by atoms with Crippen LogP contribution < -0.4 is 5.56 Å². The minimum absolute atomic E-state index is 0.0514. The maximum atomic E-state index is 13.2. The van der Waals surface area contributed by atoms with Gasteiger partial charge in [0.2, 0.25) is 0 Å². The highest BCUT2D eigenvalue weighted by molar-refractivity contribution is 5.95. The molecule has 0 aliphatic carbocycles. The van der Waals surface area contributed by atoms with E-state index in [1.165, 1.54) is 12.8 Å². The van der Waals surface area contributed by atoms with Crippen molar-refractivity contribution in [1.82, 2.24) is 14.4 Å². The highest BCUT2D eigenvalue weighted by Gasteiger charge is 2.37. The molecule has 0 aromatic carbocycles. The molecule has 5 heterocycles. The topological polar surface area (TPSA) is 58.7 Å². The predicted molar refractivity (Wildman–Crippen MR) is 110 cm³/mol. The first-order valence-corrected chi connectivity index (χ1v) is 10.8. The second-order valence-electron chi connectivity index (χ2n) is 9.02. The van der Waals surface area contributed by atoms with E-state index in [9.17, 15) is 9.59 Å². The van der Waals surface area contributed by atoms with Crippen LogP contribution in [0.5, 0.6) is 0 Å². The molecule has 0 saturated carbocycles. The smallest absolute Gasteiger partial charge is 0.257 e. The van der Waals surface area contributed by atoms with E-state index in [-0.39, 0.29) is 17.4 Å². The third-order valence-corrected chi connectivity index (χ3v) is 6.83. The summed E-state index contributed by atoms with van der Waals surface area (Å²) < 4.78 is 7.56. The SMILES string of the molecule is Cc1cc(C(=O)N2C[C@@H]3C[C@H](C2)c2ccc(CN4CCCC4)c(=O)n2C3)c(C)o1. The van der Waals surface area contributed by atoms with Crippen LogP contribution >= 0.6 is 0 Å². The van der Waals surface area contributed by atoms with E-state index in [2.05, 4.69) is 11.0 Å². The first-order chi connectivity index (χ1) is 14.0. The number of furan rings is 1. The Hall–Kier alpha value is -2.34. The van der Waals surface area contributed by atoms with E-state index >= 15 is 0 Å². The highest BCUT2D eigenvalue weighted by atomic mass is 16.3. The Balaban J connectivity index is 1.39. The normalized spacial score (nSPS) is 24.0. The van der Waals surface area contributed by atoms with Gasteiger partial charge < -0.3 is 13.9 Å². The number of hydrogen-bond acceptors (Lipinski definition) is 4. The molecule has 3 aliphatic heterocycles. The summed E-state index contributed by atoms with van der Waals surface area (Å²) in [6.45, 7) is 8.76. The number of amides is 1. The number of aryl methyl sites for hydroxylation is 2. The molecular weight excluding hydrogens is 366 g/mol. The van der Waals surface area contributed by atoms with Crippen molar-refractivity contribution in [3.8, 4) is 0 Å². The summed E-state index contributed by atoms with van der Waals surface area (Å²) in [5, 5.41) is 0. The molecule has 2 atom stereocenters. The van der Waals surface area contributed by atoms with Gasteiger partial charge in [0, 0.05) is 43.4 Å². The predicted octanol–water partition coefficient (Wildman–Crippen LogP) is 2.91. The van der Waals surface area contributed by atoms with Gasteiger partial charge in [0.15, 0.2) is 0 Å². The van der Waals surface area contributed by atoms with Gasteiger partial charge in [-0.25, -0.2) is 0 Å². The second kappa shape index (κ2) is 7.17. The molecule has 0 N–H and O–H groups in total. The Labute approximate surface area is 171 Å². The standard InChI is InChI=1S/C23H29N3O3/c1-15-9-20(16(2)29-15)23(28)25-11-17-10-19(14-25)21-6-5-18(22(27)26(21)12-17)13-24-7-3-4-8-24/h5-6,9,17,19H,3-4,7-8,10-14H2,1-2H3/t17-,19+/m0/s1. The average Bonchev–Trinajstić information content (AvgIpc) is 3.32. The molecular formula is C23H29N3O3.